The molecule has 0 saturated carbocycles. The average Bonchev–Trinajstić information content (AvgIpc) is 3.28. The molecule has 0 amide bonds. The van der Waals surface area contributed by atoms with E-state index < -0.39 is 7.44 Å². The fourth-order valence-electron chi connectivity index (χ4n) is 5.55. The molecule has 0 aliphatic carbocycles. The van der Waals surface area contributed by atoms with E-state index in [0.29, 0.717) is 0 Å². The summed E-state index contributed by atoms with van der Waals surface area (Å²) in [7, 11) is -3.16. The lowest BCUT2D eigenvalue weighted by atomic mass is 10.0. The topological polar surface area (TPSA) is 26.8 Å². The van der Waals surface area contributed by atoms with E-state index in [1.807, 2.05) is 23.9 Å². The van der Waals surface area contributed by atoms with E-state index in [1.54, 1.807) is 0 Å². The molecule has 4 nitrogen and oxygen atoms in total. The van der Waals surface area contributed by atoms with Crippen molar-refractivity contribution in [1.29, 1.82) is 0 Å². The van der Waals surface area contributed by atoms with Crippen molar-refractivity contribution in [2.24, 2.45) is 0 Å². The normalized spacial score (nSPS) is 19.2. The van der Waals surface area contributed by atoms with Gasteiger partial charge in [-0.15, -0.1) is 0 Å². The summed E-state index contributed by atoms with van der Waals surface area (Å²) in [5, 5.41) is 2.39. The largest absolute Gasteiger partial charge is 0.304 e. The number of para-hydroxylation sites is 2. The van der Waals surface area contributed by atoms with Crippen LogP contribution in [0.3, 0.4) is 0 Å². The second kappa shape index (κ2) is 9.73. The summed E-state index contributed by atoms with van der Waals surface area (Å²) in [5.41, 5.74) is 3.24. The molecule has 35 heavy (non-hydrogen) atoms. The van der Waals surface area contributed by atoms with Crippen molar-refractivity contribution in [3.63, 3.8) is 0 Å². The van der Waals surface area contributed by atoms with Crippen molar-refractivity contribution in [2.45, 2.75) is 5.78 Å². The van der Waals surface area contributed by atoms with Crippen molar-refractivity contribution >= 4 is 41.4 Å². The second-order valence-electron chi connectivity index (χ2n) is 9.10. The van der Waals surface area contributed by atoms with Gasteiger partial charge in [0, 0.05) is 49.1 Å². The Morgan fingerprint density at radius 3 is 1.80 bits per heavy atom. The van der Waals surface area contributed by atoms with E-state index >= 15 is 4.57 Å². The highest BCUT2D eigenvalue weighted by Gasteiger charge is 2.52. The standard InChI is InChI=1S/C29H30N3OPS/c33-34(31(25-12-3-1-4-13-25)18-19-32(34)26-14-5-2-6-15-26)29(30-20-22-35-23-21-30)28-17-9-11-24-10-7-8-16-27(24)28/h1-17,29H,18-23H2. The van der Waals surface area contributed by atoms with Crippen molar-refractivity contribution in [3.05, 3.63) is 109 Å². The van der Waals surface area contributed by atoms with Crippen molar-refractivity contribution in [3.8, 4) is 0 Å². The van der Waals surface area contributed by atoms with Crippen LogP contribution in [0.25, 0.3) is 10.8 Å². The van der Waals surface area contributed by atoms with Crippen LogP contribution in [-0.4, -0.2) is 42.6 Å². The zero-order valence-corrected chi connectivity index (χ0v) is 21.5. The summed E-state index contributed by atoms with van der Waals surface area (Å²) in [5.74, 6) is 1.91. The summed E-state index contributed by atoms with van der Waals surface area (Å²) < 4.78 is 20.4. The van der Waals surface area contributed by atoms with Gasteiger partial charge in [-0.3, -0.25) is 9.46 Å². The number of rotatable bonds is 5. The Hall–Kier alpha value is -2.72. The third kappa shape index (κ3) is 4.06. The fraction of sp³-hybridized carbons (Fsp3) is 0.241. The maximum atomic E-state index is 15.9. The van der Waals surface area contributed by atoms with Crippen LogP contribution in [0.5, 0.6) is 0 Å². The summed E-state index contributed by atoms with van der Waals surface area (Å²) in [6.45, 7) is 3.35. The molecule has 0 N–H and O–H groups in total. The number of fused-ring (bicyclic) bond motifs is 1. The van der Waals surface area contributed by atoms with Crippen LogP contribution >= 0.6 is 19.2 Å². The summed E-state index contributed by atoms with van der Waals surface area (Å²) in [6, 6.07) is 35.7. The first kappa shape index (κ1) is 22.7. The molecular weight excluding hydrogens is 469 g/mol. The van der Waals surface area contributed by atoms with Gasteiger partial charge in [-0.25, -0.2) is 0 Å². The van der Waals surface area contributed by atoms with Gasteiger partial charge in [-0.2, -0.15) is 11.8 Å². The molecule has 6 heteroatoms. The Kier molecular flexibility index (Phi) is 6.32. The van der Waals surface area contributed by atoms with Crippen molar-refractivity contribution < 1.29 is 4.57 Å². The van der Waals surface area contributed by atoms with Crippen LogP contribution in [0.4, 0.5) is 11.4 Å². The maximum absolute atomic E-state index is 15.9. The Labute approximate surface area is 212 Å². The number of nitrogens with zero attached hydrogens (tertiary/aromatic N) is 3. The highest BCUT2D eigenvalue weighted by atomic mass is 32.2. The zero-order valence-electron chi connectivity index (χ0n) is 19.7. The molecule has 4 aromatic rings. The Bertz CT molecular complexity index is 1290. The maximum Gasteiger partial charge on any atom is 0.284 e. The lowest BCUT2D eigenvalue weighted by Gasteiger charge is -2.44. The van der Waals surface area contributed by atoms with E-state index in [2.05, 4.69) is 105 Å². The zero-order chi connectivity index (χ0) is 23.7. The van der Waals surface area contributed by atoms with Gasteiger partial charge in [0.15, 0.2) is 0 Å². The number of hydrogen-bond acceptors (Lipinski definition) is 3. The molecule has 2 fully saturated rings. The van der Waals surface area contributed by atoms with Crippen molar-refractivity contribution in [1.82, 2.24) is 4.90 Å². The van der Waals surface area contributed by atoms with E-state index in [-0.39, 0.29) is 5.78 Å². The van der Waals surface area contributed by atoms with Gasteiger partial charge in [0.25, 0.3) is 7.44 Å². The first-order chi connectivity index (χ1) is 17.3. The molecule has 1 atom stereocenters. The lowest BCUT2D eigenvalue weighted by Crippen LogP contribution is -2.40. The van der Waals surface area contributed by atoms with Crippen LogP contribution in [0.1, 0.15) is 11.3 Å². The first-order valence-electron chi connectivity index (χ1n) is 12.3. The van der Waals surface area contributed by atoms with Gasteiger partial charge in [0.05, 0.1) is 0 Å². The molecule has 2 heterocycles. The van der Waals surface area contributed by atoms with Crippen molar-refractivity contribution in [2.75, 3.05) is 47.0 Å². The summed E-state index contributed by atoms with van der Waals surface area (Å²) in [4.78, 5) is 2.50. The van der Waals surface area contributed by atoms with Gasteiger partial charge in [-0.05, 0) is 40.6 Å². The quantitative estimate of drug-likeness (QED) is 0.273. The molecule has 0 radical (unpaired) electrons. The van der Waals surface area contributed by atoms with E-state index in [4.69, 9.17) is 0 Å². The highest BCUT2D eigenvalue weighted by Crippen LogP contribution is 2.70. The minimum Gasteiger partial charge on any atom is -0.304 e. The molecule has 0 bridgehead atoms. The third-order valence-corrected chi connectivity index (χ3v) is 11.6. The van der Waals surface area contributed by atoms with Crippen LogP contribution in [0.2, 0.25) is 0 Å². The van der Waals surface area contributed by atoms with Crippen LogP contribution in [0.15, 0.2) is 103 Å². The Morgan fingerprint density at radius 2 is 1.17 bits per heavy atom. The number of hydrogen-bond donors (Lipinski definition) is 0. The third-order valence-electron chi connectivity index (χ3n) is 7.14. The molecule has 2 aliphatic heterocycles. The average molecular weight is 500 g/mol. The Balaban J connectivity index is 1.60. The second-order valence-corrected chi connectivity index (χ2v) is 13.0. The monoisotopic (exact) mass is 499 g/mol. The minimum atomic E-state index is -3.16. The van der Waals surface area contributed by atoms with E-state index in [9.17, 15) is 0 Å². The predicted molar refractivity (Wildman–Crippen MR) is 151 cm³/mol. The van der Waals surface area contributed by atoms with Gasteiger partial charge >= 0.3 is 0 Å². The molecular formula is C29H30N3OPS. The van der Waals surface area contributed by atoms with Gasteiger partial charge < -0.3 is 9.34 Å². The van der Waals surface area contributed by atoms with Gasteiger partial charge in [0.1, 0.15) is 5.78 Å². The first-order valence-corrected chi connectivity index (χ1v) is 15.2. The number of benzene rings is 4. The molecule has 2 saturated heterocycles. The lowest BCUT2D eigenvalue weighted by molar-refractivity contribution is 0.274. The molecule has 2 aliphatic rings. The predicted octanol–water partition coefficient (Wildman–Crippen LogP) is 7.11. The molecule has 6 rings (SSSR count). The number of thioether (sulfide) groups is 1. The molecule has 178 valence electrons. The van der Waals surface area contributed by atoms with E-state index in [0.717, 1.165) is 49.1 Å². The highest BCUT2D eigenvalue weighted by molar-refractivity contribution is 7.99. The van der Waals surface area contributed by atoms with Crippen LogP contribution < -0.4 is 9.34 Å². The van der Waals surface area contributed by atoms with Crippen LogP contribution in [-0.2, 0) is 4.57 Å². The summed E-state index contributed by atoms with van der Waals surface area (Å²) in [6.07, 6.45) is 0. The van der Waals surface area contributed by atoms with Gasteiger partial charge in [0.2, 0.25) is 0 Å². The molecule has 0 aromatic heterocycles. The SMILES string of the molecule is O=P1(C(c2cccc3ccccc23)N2CCSCC2)N(c2ccccc2)CCN1c1ccccc1. The van der Waals surface area contributed by atoms with Gasteiger partial charge in [-0.1, -0.05) is 78.9 Å². The summed E-state index contributed by atoms with van der Waals surface area (Å²) >= 11 is 1.99. The van der Waals surface area contributed by atoms with E-state index in [1.165, 1.54) is 16.3 Å². The number of anilines is 2. The molecule has 4 aromatic carbocycles. The Morgan fingerprint density at radius 1 is 0.629 bits per heavy atom. The minimum absolute atomic E-state index is 0.225. The smallest absolute Gasteiger partial charge is 0.284 e. The molecule has 0 spiro atoms. The molecule has 1 unspecified atom stereocenters. The van der Waals surface area contributed by atoms with Crippen LogP contribution in [0, 0.1) is 0 Å². The fourth-order valence-corrected chi connectivity index (χ4v) is 10.2.